The highest BCUT2D eigenvalue weighted by atomic mass is 16.6. The van der Waals surface area contributed by atoms with Crippen molar-refractivity contribution in [3.05, 3.63) is 27.8 Å². The maximum Gasteiger partial charge on any atom is 0.346 e. The van der Waals surface area contributed by atoms with Crippen LogP contribution in [0.2, 0.25) is 0 Å². The lowest BCUT2D eigenvalue weighted by atomic mass is 10.1. The Morgan fingerprint density at radius 2 is 2.00 bits per heavy atom. The van der Waals surface area contributed by atoms with Crippen LogP contribution in [0, 0.1) is 10.1 Å². The van der Waals surface area contributed by atoms with Crippen molar-refractivity contribution in [2.75, 3.05) is 14.2 Å². The second kappa shape index (κ2) is 6.50. The summed E-state index contributed by atoms with van der Waals surface area (Å²) in [6.45, 7) is 1.42. The van der Waals surface area contributed by atoms with Crippen molar-refractivity contribution in [1.82, 2.24) is 0 Å². The Morgan fingerprint density at radius 1 is 1.35 bits per heavy atom. The quantitative estimate of drug-likeness (QED) is 0.336. The number of hydrogen-bond donors (Lipinski definition) is 0. The van der Waals surface area contributed by atoms with Crippen LogP contribution in [-0.2, 0) is 9.53 Å². The van der Waals surface area contributed by atoms with Crippen LogP contribution in [-0.4, -0.2) is 37.5 Å². The second-order valence-corrected chi connectivity index (χ2v) is 3.72. The molecule has 0 aromatic heterocycles. The molecule has 8 heteroatoms. The summed E-state index contributed by atoms with van der Waals surface area (Å²) >= 11 is 0. The van der Waals surface area contributed by atoms with Gasteiger partial charge in [0.1, 0.15) is 0 Å². The Hall–Kier alpha value is -2.64. The van der Waals surface area contributed by atoms with E-state index in [0.717, 1.165) is 6.07 Å². The third kappa shape index (κ3) is 3.22. The van der Waals surface area contributed by atoms with Crippen LogP contribution in [0.25, 0.3) is 0 Å². The zero-order chi connectivity index (χ0) is 15.3. The average Bonchev–Trinajstić information content (AvgIpc) is 2.45. The highest BCUT2D eigenvalue weighted by molar-refractivity contribution is 5.83. The van der Waals surface area contributed by atoms with E-state index in [2.05, 4.69) is 4.74 Å². The summed E-state index contributed by atoms with van der Waals surface area (Å²) in [6, 6.07) is 2.20. The van der Waals surface area contributed by atoms with Gasteiger partial charge in [-0.1, -0.05) is 0 Å². The minimum atomic E-state index is -0.976. The lowest BCUT2D eigenvalue weighted by molar-refractivity contribution is -0.385. The van der Waals surface area contributed by atoms with Crippen molar-refractivity contribution in [1.29, 1.82) is 0 Å². The molecule has 0 heterocycles. The van der Waals surface area contributed by atoms with Gasteiger partial charge in [0, 0.05) is 6.07 Å². The molecule has 8 nitrogen and oxygen atoms in total. The fraction of sp³-hybridized carbons (Fsp3) is 0.333. The van der Waals surface area contributed by atoms with Crippen LogP contribution in [0.5, 0.6) is 11.5 Å². The molecule has 0 radical (unpaired) electrons. The van der Waals surface area contributed by atoms with Gasteiger partial charge in [0.25, 0.3) is 5.69 Å². The molecule has 0 aliphatic heterocycles. The van der Waals surface area contributed by atoms with Crippen LogP contribution in [0.3, 0.4) is 0 Å². The molecule has 0 spiro atoms. The Kier molecular flexibility index (Phi) is 5.01. The molecule has 0 unspecified atom stereocenters. The summed E-state index contributed by atoms with van der Waals surface area (Å²) < 4.78 is 14.7. The molecule has 0 N–H and O–H groups in total. The zero-order valence-corrected chi connectivity index (χ0v) is 11.1. The predicted molar refractivity (Wildman–Crippen MR) is 67.1 cm³/mol. The molecule has 1 aromatic carbocycles. The lowest BCUT2D eigenvalue weighted by Gasteiger charge is -2.15. The first-order chi connectivity index (χ1) is 9.44. The van der Waals surface area contributed by atoms with Crippen molar-refractivity contribution in [2.24, 2.45) is 0 Å². The summed E-state index contributed by atoms with van der Waals surface area (Å²) in [5.74, 6) is -0.565. The molecule has 1 atom stereocenters. The average molecular weight is 283 g/mol. The predicted octanol–water partition coefficient (Wildman–Crippen LogP) is 1.36. The normalized spacial score (nSPS) is 11.3. The number of hydrogen-bond acceptors (Lipinski definition) is 7. The van der Waals surface area contributed by atoms with Crippen molar-refractivity contribution >= 4 is 17.9 Å². The first-order valence-electron chi connectivity index (χ1n) is 5.50. The van der Waals surface area contributed by atoms with E-state index in [0.29, 0.717) is 6.29 Å². The Morgan fingerprint density at radius 3 is 2.45 bits per heavy atom. The summed E-state index contributed by atoms with van der Waals surface area (Å²) in [5.41, 5.74) is -0.585. The first-order valence-corrected chi connectivity index (χ1v) is 5.50. The van der Waals surface area contributed by atoms with Gasteiger partial charge in [0.2, 0.25) is 0 Å². The number of nitrogens with zero attached hydrogens (tertiary/aromatic N) is 1. The topological polar surface area (TPSA) is 105 Å². The summed E-state index contributed by atoms with van der Waals surface area (Å²) in [6.07, 6.45) is -0.635. The molecule has 0 saturated heterocycles. The largest absolute Gasteiger partial charge is 0.493 e. The molecule has 1 rings (SSSR count). The van der Waals surface area contributed by atoms with Crippen molar-refractivity contribution in [3.8, 4) is 11.5 Å². The highest BCUT2D eigenvalue weighted by Crippen LogP contribution is 2.34. The van der Waals surface area contributed by atoms with E-state index in [1.807, 2.05) is 0 Å². The molecular weight excluding hydrogens is 270 g/mol. The number of nitro groups is 1. The van der Waals surface area contributed by atoms with E-state index < -0.39 is 22.7 Å². The van der Waals surface area contributed by atoms with Gasteiger partial charge in [-0.05, 0) is 6.92 Å². The third-order valence-electron chi connectivity index (χ3n) is 2.47. The number of rotatable bonds is 6. The fourth-order valence-electron chi connectivity index (χ4n) is 1.47. The Balaban J connectivity index is 3.24. The number of carbonyl (C=O) groups is 2. The molecule has 0 aliphatic rings. The molecule has 0 fully saturated rings. The van der Waals surface area contributed by atoms with Crippen molar-refractivity contribution < 1.29 is 28.7 Å². The van der Waals surface area contributed by atoms with E-state index in [1.165, 1.54) is 27.2 Å². The van der Waals surface area contributed by atoms with Gasteiger partial charge >= 0.3 is 5.97 Å². The molecule has 0 bridgehead atoms. The smallest absolute Gasteiger partial charge is 0.346 e. The zero-order valence-electron chi connectivity index (χ0n) is 11.1. The van der Waals surface area contributed by atoms with Gasteiger partial charge in [0.15, 0.2) is 23.9 Å². The van der Waals surface area contributed by atoms with E-state index in [4.69, 9.17) is 9.47 Å². The van der Waals surface area contributed by atoms with Crippen molar-refractivity contribution in [3.63, 3.8) is 0 Å². The number of ether oxygens (including phenoxy) is 3. The number of aldehydes is 1. The lowest BCUT2D eigenvalue weighted by Crippen LogP contribution is -2.25. The summed E-state index contributed by atoms with van der Waals surface area (Å²) in [5, 5.41) is 10.9. The minimum Gasteiger partial charge on any atom is -0.493 e. The van der Waals surface area contributed by atoms with E-state index >= 15 is 0 Å². The van der Waals surface area contributed by atoms with Crippen LogP contribution >= 0.6 is 0 Å². The third-order valence-corrected chi connectivity index (χ3v) is 2.47. The van der Waals surface area contributed by atoms with Gasteiger partial charge in [-0.2, -0.15) is 0 Å². The van der Waals surface area contributed by atoms with E-state index in [1.54, 1.807) is 0 Å². The molecule has 108 valence electrons. The van der Waals surface area contributed by atoms with Crippen LogP contribution in [0.15, 0.2) is 12.1 Å². The number of carbonyl (C=O) groups excluding carboxylic acids is 2. The highest BCUT2D eigenvalue weighted by Gasteiger charge is 2.23. The second-order valence-electron chi connectivity index (χ2n) is 3.72. The molecule has 0 saturated carbocycles. The Bertz CT molecular complexity index is 541. The minimum absolute atomic E-state index is 0.0253. The van der Waals surface area contributed by atoms with Gasteiger partial charge < -0.3 is 14.2 Å². The van der Waals surface area contributed by atoms with Gasteiger partial charge in [0.05, 0.1) is 30.8 Å². The van der Waals surface area contributed by atoms with E-state index in [9.17, 15) is 19.7 Å². The van der Waals surface area contributed by atoms with Crippen LogP contribution in [0.1, 0.15) is 17.3 Å². The van der Waals surface area contributed by atoms with Crippen LogP contribution in [0.4, 0.5) is 5.69 Å². The summed E-state index contributed by atoms with van der Waals surface area (Å²) in [7, 11) is 2.50. The number of methoxy groups -OCH3 is 2. The molecular formula is C12H13NO7. The molecule has 0 aliphatic carbocycles. The SMILES string of the molecule is COC(=O)[C@H](C)Oc1cc([N+](=O)[O-])c(C=O)cc1OC. The number of esters is 1. The molecule has 0 amide bonds. The van der Waals surface area contributed by atoms with E-state index in [-0.39, 0.29) is 17.1 Å². The maximum atomic E-state index is 11.3. The summed E-state index contributed by atoms with van der Waals surface area (Å²) in [4.78, 5) is 32.2. The Labute approximate surface area is 114 Å². The number of benzene rings is 1. The van der Waals surface area contributed by atoms with Crippen LogP contribution < -0.4 is 9.47 Å². The number of nitro benzene ring substituents is 1. The fourth-order valence-corrected chi connectivity index (χ4v) is 1.47. The van der Waals surface area contributed by atoms with Gasteiger partial charge in [-0.15, -0.1) is 0 Å². The first kappa shape index (κ1) is 15.4. The monoisotopic (exact) mass is 283 g/mol. The van der Waals surface area contributed by atoms with Gasteiger partial charge in [-0.25, -0.2) is 4.79 Å². The maximum absolute atomic E-state index is 11.3. The standard InChI is InChI=1S/C12H13NO7/c1-7(12(15)19-3)20-11-5-9(13(16)17)8(6-14)4-10(11)18-2/h4-7H,1-3H3/t7-/m0/s1. The van der Waals surface area contributed by atoms with Gasteiger partial charge in [-0.3, -0.25) is 14.9 Å². The molecule has 1 aromatic rings. The van der Waals surface area contributed by atoms with Crippen molar-refractivity contribution in [2.45, 2.75) is 13.0 Å². The molecule has 20 heavy (non-hydrogen) atoms.